The van der Waals surface area contributed by atoms with Gasteiger partial charge in [0, 0.05) is 19.6 Å². The molecule has 2 heterocycles. The summed E-state index contributed by atoms with van der Waals surface area (Å²) >= 11 is 3.18. The Balaban J connectivity index is 1.65. The van der Waals surface area contributed by atoms with Gasteiger partial charge in [-0.25, -0.2) is 4.39 Å². The maximum absolute atomic E-state index is 13.4. The topological polar surface area (TPSA) is 15.3 Å². The van der Waals surface area contributed by atoms with Gasteiger partial charge in [-0.05, 0) is 58.6 Å². The molecule has 17 heavy (non-hydrogen) atoms. The minimum atomic E-state index is -0.163. The standard InChI is InChI=1S/C13H16BrFN2/c14-12-2-1-9(3-13(12)15)6-17-7-10-4-16-5-11(10)8-17/h1-3,10-11,16H,4-8H2/t10-,11+. The van der Waals surface area contributed by atoms with Crippen LogP contribution in [0, 0.1) is 17.7 Å². The number of benzene rings is 1. The van der Waals surface area contributed by atoms with E-state index in [9.17, 15) is 4.39 Å². The minimum Gasteiger partial charge on any atom is -0.316 e. The van der Waals surface area contributed by atoms with Crippen molar-refractivity contribution < 1.29 is 4.39 Å². The van der Waals surface area contributed by atoms with Crippen molar-refractivity contribution in [2.45, 2.75) is 6.54 Å². The molecule has 0 bridgehead atoms. The molecule has 0 radical (unpaired) electrons. The van der Waals surface area contributed by atoms with Crippen molar-refractivity contribution in [3.05, 3.63) is 34.1 Å². The summed E-state index contributed by atoms with van der Waals surface area (Å²) in [5.41, 5.74) is 1.07. The summed E-state index contributed by atoms with van der Waals surface area (Å²) in [6, 6.07) is 5.43. The Morgan fingerprint density at radius 2 is 2.00 bits per heavy atom. The van der Waals surface area contributed by atoms with Crippen LogP contribution < -0.4 is 5.32 Å². The second kappa shape index (κ2) is 4.67. The SMILES string of the molecule is Fc1cc(CN2C[C@H]3CNC[C@H]3C2)ccc1Br. The Kier molecular flexibility index (Phi) is 3.19. The van der Waals surface area contributed by atoms with Crippen molar-refractivity contribution >= 4 is 15.9 Å². The lowest BCUT2D eigenvalue weighted by atomic mass is 10.0. The molecule has 0 amide bonds. The zero-order chi connectivity index (χ0) is 11.8. The Labute approximate surface area is 109 Å². The van der Waals surface area contributed by atoms with Gasteiger partial charge in [-0.15, -0.1) is 0 Å². The Hall–Kier alpha value is -0.450. The molecule has 2 fully saturated rings. The molecule has 2 saturated heterocycles. The minimum absolute atomic E-state index is 0.163. The number of fused-ring (bicyclic) bond motifs is 1. The molecule has 1 N–H and O–H groups in total. The average molecular weight is 299 g/mol. The van der Waals surface area contributed by atoms with Crippen molar-refractivity contribution in [2.75, 3.05) is 26.2 Å². The quantitative estimate of drug-likeness (QED) is 0.901. The van der Waals surface area contributed by atoms with Gasteiger partial charge in [0.25, 0.3) is 0 Å². The summed E-state index contributed by atoms with van der Waals surface area (Å²) in [6.07, 6.45) is 0. The van der Waals surface area contributed by atoms with Crippen LogP contribution in [0.1, 0.15) is 5.56 Å². The van der Waals surface area contributed by atoms with E-state index >= 15 is 0 Å². The molecule has 92 valence electrons. The van der Waals surface area contributed by atoms with Gasteiger partial charge in [0.2, 0.25) is 0 Å². The van der Waals surface area contributed by atoms with Crippen molar-refractivity contribution in [2.24, 2.45) is 11.8 Å². The third-order valence-electron chi connectivity index (χ3n) is 3.86. The van der Waals surface area contributed by atoms with Gasteiger partial charge >= 0.3 is 0 Å². The van der Waals surface area contributed by atoms with E-state index < -0.39 is 0 Å². The van der Waals surface area contributed by atoms with E-state index in [1.54, 1.807) is 12.1 Å². The van der Waals surface area contributed by atoms with Gasteiger partial charge in [0.05, 0.1) is 4.47 Å². The smallest absolute Gasteiger partial charge is 0.137 e. The number of rotatable bonds is 2. The number of halogens is 2. The van der Waals surface area contributed by atoms with Gasteiger partial charge in [0.1, 0.15) is 5.82 Å². The third-order valence-corrected chi connectivity index (χ3v) is 4.50. The van der Waals surface area contributed by atoms with E-state index in [1.807, 2.05) is 6.07 Å². The van der Waals surface area contributed by atoms with Gasteiger partial charge in [-0.2, -0.15) is 0 Å². The maximum atomic E-state index is 13.4. The molecular formula is C13H16BrFN2. The van der Waals surface area contributed by atoms with Gasteiger partial charge in [0.15, 0.2) is 0 Å². The molecule has 1 aromatic carbocycles. The fourth-order valence-electron chi connectivity index (χ4n) is 2.98. The predicted molar refractivity (Wildman–Crippen MR) is 69.2 cm³/mol. The molecule has 4 heteroatoms. The first-order valence-corrected chi connectivity index (χ1v) is 6.88. The highest BCUT2D eigenvalue weighted by Crippen LogP contribution is 2.27. The highest BCUT2D eigenvalue weighted by atomic mass is 79.9. The van der Waals surface area contributed by atoms with E-state index in [4.69, 9.17) is 0 Å². The van der Waals surface area contributed by atoms with Crippen LogP contribution in [-0.4, -0.2) is 31.1 Å². The van der Waals surface area contributed by atoms with Crippen LogP contribution >= 0.6 is 15.9 Å². The molecule has 2 aliphatic heterocycles. The van der Waals surface area contributed by atoms with Crippen molar-refractivity contribution in [1.29, 1.82) is 0 Å². The zero-order valence-corrected chi connectivity index (χ0v) is 11.2. The monoisotopic (exact) mass is 298 g/mol. The van der Waals surface area contributed by atoms with Crippen LogP contribution in [0.5, 0.6) is 0 Å². The highest BCUT2D eigenvalue weighted by Gasteiger charge is 2.35. The van der Waals surface area contributed by atoms with Crippen LogP contribution in [0.25, 0.3) is 0 Å². The maximum Gasteiger partial charge on any atom is 0.137 e. The summed E-state index contributed by atoms with van der Waals surface area (Å²) in [6.45, 7) is 5.47. The van der Waals surface area contributed by atoms with Gasteiger partial charge in [-0.1, -0.05) is 6.07 Å². The number of nitrogens with one attached hydrogen (secondary N) is 1. The Morgan fingerprint density at radius 3 is 2.65 bits per heavy atom. The van der Waals surface area contributed by atoms with E-state index in [0.29, 0.717) is 4.47 Å². The van der Waals surface area contributed by atoms with Crippen LogP contribution in [0.3, 0.4) is 0 Å². The molecule has 2 nitrogen and oxygen atoms in total. The first-order chi connectivity index (χ1) is 8.22. The summed E-state index contributed by atoms with van der Waals surface area (Å²) in [5.74, 6) is 1.44. The van der Waals surface area contributed by atoms with E-state index in [2.05, 4.69) is 26.1 Å². The van der Waals surface area contributed by atoms with E-state index in [-0.39, 0.29) is 5.82 Å². The number of nitrogens with zero attached hydrogens (tertiary/aromatic N) is 1. The molecular weight excluding hydrogens is 283 g/mol. The highest BCUT2D eigenvalue weighted by molar-refractivity contribution is 9.10. The first kappa shape index (κ1) is 11.6. The summed E-state index contributed by atoms with van der Waals surface area (Å²) in [4.78, 5) is 2.44. The van der Waals surface area contributed by atoms with E-state index in [1.165, 1.54) is 0 Å². The summed E-state index contributed by atoms with van der Waals surface area (Å²) in [5, 5.41) is 3.43. The second-order valence-corrected chi connectivity index (χ2v) is 5.98. The fraction of sp³-hybridized carbons (Fsp3) is 0.538. The lowest BCUT2D eigenvalue weighted by Gasteiger charge is -2.17. The Morgan fingerprint density at radius 1 is 1.29 bits per heavy atom. The van der Waals surface area contributed by atoms with Gasteiger partial charge < -0.3 is 5.32 Å². The molecule has 1 aromatic rings. The lowest BCUT2D eigenvalue weighted by Crippen LogP contribution is -2.25. The molecule has 3 rings (SSSR count). The second-order valence-electron chi connectivity index (χ2n) is 5.12. The Bertz CT molecular complexity index is 412. The van der Waals surface area contributed by atoms with Crippen LogP contribution in [-0.2, 0) is 6.54 Å². The fourth-order valence-corrected chi connectivity index (χ4v) is 3.22. The normalized spacial score (nSPS) is 28.6. The third kappa shape index (κ3) is 2.39. The predicted octanol–water partition coefficient (Wildman–Crippen LogP) is 2.24. The number of hydrogen-bond acceptors (Lipinski definition) is 2. The molecule has 0 aliphatic carbocycles. The molecule has 2 aliphatic rings. The van der Waals surface area contributed by atoms with Crippen LogP contribution in [0.4, 0.5) is 4.39 Å². The molecule has 2 atom stereocenters. The number of hydrogen-bond donors (Lipinski definition) is 1. The van der Waals surface area contributed by atoms with Crippen LogP contribution in [0.2, 0.25) is 0 Å². The molecule has 0 unspecified atom stereocenters. The molecule has 0 aromatic heterocycles. The van der Waals surface area contributed by atoms with Crippen molar-refractivity contribution in [1.82, 2.24) is 10.2 Å². The van der Waals surface area contributed by atoms with Gasteiger partial charge in [-0.3, -0.25) is 4.90 Å². The molecule has 0 spiro atoms. The number of likely N-dealkylation sites (tertiary alicyclic amines) is 1. The summed E-state index contributed by atoms with van der Waals surface area (Å²) < 4.78 is 14.0. The lowest BCUT2D eigenvalue weighted by molar-refractivity contribution is 0.305. The van der Waals surface area contributed by atoms with Crippen molar-refractivity contribution in [3.8, 4) is 0 Å². The van der Waals surface area contributed by atoms with E-state index in [0.717, 1.165) is 50.1 Å². The molecule has 0 saturated carbocycles. The first-order valence-electron chi connectivity index (χ1n) is 6.09. The van der Waals surface area contributed by atoms with Crippen molar-refractivity contribution in [3.63, 3.8) is 0 Å². The summed E-state index contributed by atoms with van der Waals surface area (Å²) in [7, 11) is 0. The zero-order valence-electron chi connectivity index (χ0n) is 9.63. The average Bonchev–Trinajstić information content (AvgIpc) is 2.84. The largest absolute Gasteiger partial charge is 0.316 e. The van der Waals surface area contributed by atoms with Crippen LogP contribution in [0.15, 0.2) is 22.7 Å².